The van der Waals surface area contributed by atoms with E-state index in [1.54, 1.807) is 0 Å². The van der Waals surface area contributed by atoms with Gasteiger partial charge < -0.3 is 5.73 Å². The van der Waals surface area contributed by atoms with Crippen LogP contribution in [0.2, 0.25) is 0 Å². The maximum atomic E-state index is 5.77. The topological polar surface area (TPSA) is 51.8 Å². The first-order valence-electron chi connectivity index (χ1n) is 5.31. The zero-order chi connectivity index (χ0) is 11.5. The average molecular weight is 213 g/mol. The second kappa shape index (κ2) is 4.41. The molecule has 0 aliphatic carbocycles. The standard InChI is InChI=1S/C13H15N3/c1-9-3-5-12(15-7-9)13-6-4-11(8-16-13)10(2)14/h3-8,10H,14H2,1-2H3. The van der Waals surface area contributed by atoms with Gasteiger partial charge in [-0.2, -0.15) is 0 Å². The molecule has 0 aliphatic heterocycles. The Balaban J connectivity index is 2.31. The van der Waals surface area contributed by atoms with Gasteiger partial charge in [0.1, 0.15) is 0 Å². The summed E-state index contributed by atoms with van der Waals surface area (Å²) in [6.45, 7) is 3.96. The molecule has 0 amide bonds. The molecule has 2 rings (SSSR count). The monoisotopic (exact) mass is 213 g/mol. The molecule has 16 heavy (non-hydrogen) atoms. The molecule has 2 aromatic heterocycles. The Morgan fingerprint density at radius 1 is 1.00 bits per heavy atom. The fourth-order valence-electron chi connectivity index (χ4n) is 1.45. The molecular weight excluding hydrogens is 198 g/mol. The van der Waals surface area contributed by atoms with Crippen molar-refractivity contribution >= 4 is 0 Å². The van der Waals surface area contributed by atoms with Gasteiger partial charge in [-0.15, -0.1) is 0 Å². The zero-order valence-electron chi connectivity index (χ0n) is 9.51. The molecule has 0 bridgehead atoms. The summed E-state index contributed by atoms with van der Waals surface area (Å²) >= 11 is 0. The van der Waals surface area contributed by atoms with E-state index in [0.29, 0.717) is 0 Å². The summed E-state index contributed by atoms with van der Waals surface area (Å²) in [5.41, 5.74) is 9.72. The van der Waals surface area contributed by atoms with E-state index < -0.39 is 0 Å². The lowest BCUT2D eigenvalue weighted by molar-refractivity contribution is 0.812. The van der Waals surface area contributed by atoms with Crippen LogP contribution in [0.4, 0.5) is 0 Å². The molecule has 0 saturated heterocycles. The Kier molecular flexibility index (Phi) is 2.97. The molecule has 2 heterocycles. The van der Waals surface area contributed by atoms with Crippen molar-refractivity contribution in [2.45, 2.75) is 19.9 Å². The van der Waals surface area contributed by atoms with Gasteiger partial charge in [-0.25, -0.2) is 0 Å². The van der Waals surface area contributed by atoms with E-state index in [0.717, 1.165) is 22.5 Å². The van der Waals surface area contributed by atoms with Gasteiger partial charge in [0.2, 0.25) is 0 Å². The lowest BCUT2D eigenvalue weighted by Gasteiger charge is -2.05. The van der Waals surface area contributed by atoms with Crippen molar-refractivity contribution in [3.63, 3.8) is 0 Å². The van der Waals surface area contributed by atoms with Crippen LogP contribution in [0.5, 0.6) is 0 Å². The molecule has 0 radical (unpaired) electrons. The smallest absolute Gasteiger partial charge is 0.0886 e. The molecule has 0 aromatic carbocycles. The van der Waals surface area contributed by atoms with E-state index in [1.807, 2.05) is 50.5 Å². The number of rotatable bonds is 2. The van der Waals surface area contributed by atoms with Gasteiger partial charge in [0.15, 0.2) is 0 Å². The van der Waals surface area contributed by atoms with Crippen LogP contribution in [0.1, 0.15) is 24.1 Å². The first-order chi connectivity index (χ1) is 7.66. The number of nitrogens with zero attached hydrogens (tertiary/aromatic N) is 2. The van der Waals surface area contributed by atoms with Crippen LogP contribution in [0, 0.1) is 6.92 Å². The maximum absolute atomic E-state index is 5.77. The molecular formula is C13H15N3. The summed E-state index contributed by atoms with van der Waals surface area (Å²) in [6.07, 6.45) is 3.65. The average Bonchev–Trinajstić information content (AvgIpc) is 2.30. The van der Waals surface area contributed by atoms with Gasteiger partial charge in [0.25, 0.3) is 0 Å². The molecule has 0 fully saturated rings. The van der Waals surface area contributed by atoms with Gasteiger partial charge in [-0.1, -0.05) is 12.1 Å². The van der Waals surface area contributed by atoms with Crippen LogP contribution < -0.4 is 5.73 Å². The minimum Gasteiger partial charge on any atom is -0.324 e. The number of hydrogen-bond donors (Lipinski definition) is 1. The van der Waals surface area contributed by atoms with Crippen molar-refractivity contribution in [3.05, 3.63) is 47.8 Å². The Bertz CT molecular complexity index is 458. The quantitative estimate of drug-likeness (QED) is 0.833. The summed E-state index contributed by atoms with van der Waals surface area (Å²) in [4.78, 5) is 8.69. The van der Waals surface area contributed by atoms with Crippen LogP contribution in [-0.4, -0.2) is 9.97 Å². The number of pyridine rings is 2. The molecule has 0 spiro atoms. The fraction of sp³-hybridized carbons (Fsp3) is 0.231. The van der Waals surface area contributed by atoms with Gasteiger partial charge in [-0.05, 0) is 37.1 Å². The van der Waals surface area contributed by atoms with Crippen LogP contribution in [-0.2, 0) is 0 Å². The highest BCUT2D eigenvalue weighted by atomic mass is 14.8. The highest BCUT2D eigenvalue weighted by Crippen LogP contribution is 2.16. The fourth-order valence-corrected chi connectivity index (χ4v) is 1.45. The second-order valence-electron chi connectivity index (χ2n) is 3.99. The Labute approximate surface area is 95.4 Å². The number of aryl methyl sites for hydroxylation is 1. The highest BCUT2D eigenvalue weighted by molar-refractivity contribution is 5.54. The minimum atomic E-state index is 0.0209. The van der Waals surface area contributed by atoms with E-state index in [9.17, 15) is 0 Å². The molecule has 1 unspecified atom stereocenters. The molecule has 82 valence electrons. The molecule has 0 saturated carbocycles. The lowest BCUT2D eigenvalue weighted by atomic mass is 10.1. The molecule has 3 nitrogen and oxygen atoms in total. The van der Waals surface area contributed by atoms with E-state index in [2.05, 4.69) is 9.97 Å². The van der Waals surface area contributed by atoms with Gasteiger partial charge in [0.05, 0.1) is 11.4 Å². The van der Waals surface area contributed by atoms with E-state index in [4.69, 9.17) is 5.73 Å². The van der Waals surface area contributed by atoms with Crippen LogP contribution >= 0.6 is 0 Å². The predicted molar refractivity (Wildman–Crippen MR) is 64.8 cm³/mol. The van der Waals surface area contributed by atoms with Crippen molar-refractivity contribution in [1.82, 2.24) is 9.97 Å². The van der Waals surface area contributed by atoms with Crippen molar-refractivity contribution in [2.75, 3.05) is 0 Å². The summed E-state index contributed by atoms with van der Waals surface area (Å²) in [5, 5.41) is 0. The van der Waals surface area contributed by atoms with E-state index >= 15 is 0 Å². The molecule has 3 heteroatoms. The third kappa shape index (κ3) is 2.25. The van der Waals surface area contributed by atoms with E-state index in [1.165, 1.54) is 0 Å². The van der Waals surface area contributed by atoms with Gasteiger partial charge in [0, 0.05) is 18.4 Å². The molecule has 2 aromatic rings. The minimum absolute atomic E-state index is 0.0209. The van der Waals surface area contributed by atoms with Gasteiger partial charge in [-0.3, -0.25) is 9.97 Å². The Morgan fingerprint density at radius 2 is 1.62 bits per heavy atom. The second-order valence-corrected chi connectivity index (χ2v) is 3.99. The van der Waals surface area contributed by atoms with Crippen LogP contribution in [0.25, 0.3) is 11.4 Å². The van der Waals surface area contributed by atoms with Crippen LogP contribution in [0.3, 0.4) is 0 Å². The maximum Gasteiger partial charge on any atom is 0.0886 e. The SMILES string of the molecule is Cc1ccc(-c2ccc(C(C)N)cn2)nc1. The first kappa shape index (κ1) is 10.8. The third-order valence-electron chi connectivity index (χ3n) is 2.49. The molecule has 2 N–H and O–H groups in total. The molecule has 1 atom stereocenters. The highest BCUT2D eigenvalue weighted by Gasteiger charge is 2.02. The normalized spacial score (nSPS) is 12.4. The third-order valence-corrected chi connectivity index (χ3v) is 2.49. The van der Waals surface area contributed by atoms with E-state index in [-0.39, 0.29) is 6.04 Å². The zero-order valence-corrected chi connectivity index (χ0v) is 9.51. The lowest BCUT2D eigenvalue weighted by Crippen LogP contribution is -2.05. The number of hydrogen-bond acceptors (Lipinski definition) is 3. The Hall–Kier alpha value is -1.74. The molecule has 0 aliphatic rings. The Morgan fingerprint density at radius 3 is 2.06 bits per heavy atom. The summed E-state index contributed by atoms with van der Waals surface area (Å²) < 4.78 is 0. The van der Waals surface area contributed by atoms with Crippen molar-refractivity contribution in [1.29, 1.82) is 0 Å². The summed E-state index contributed by atoms with van der Waals surface area (Å²) in [7, 11) is 0. The largest absolute Gasteiger partial charge is 0.324 e. The van der Waals surface area contributed by atoms with Crippen molar-refractivity contribution < 1.29 is 0 Å². The summed E-state index contributed by atoms with van der Waals surface area (Å²) in [6, 6.07) is 7.98. The van der Waals surface area contributed by atoms with Crippen molar-refractivity contribution in [2.24, 2.45) is 5.73 Å². The van der Waals surface area contributed by atoms with Crippen molar-refractivity contribution in [3.8, 4) is 11.4 Å². The first-order valence-corrected chi connectivity index (χ1v) is 5.31. The summed E-state index contributed by atoms with van der Waals surface area (Å²) in [5.74, 6) is 0. The number of aromatic nitrogens is 2. The van der Waals surface area contributed by atoms with Gasteiger partial charge >= 0.3 is 0 Å². The number of nitrogens with two attached hydrogens (primary N) is 1. The predicted octanol–water partition coefficient (Wildman–Crippen LogP) is 2.47. The van der Waals surface area contributed by atoms with Crippen LogP contribution in [0.15, 0.2) is 36.7 Å².